The zero-order valence-electron chi connectivity index (χ0n) is 14.7. The first kappa shape index (κ1) is 26.0. The van der Waals surface area contributed by atoms with E-state index in [4.69, 9.17) is 0 Å². The van der Waals surface area contributed by atoms with Gasteiger partial charge in [0.15, 0.2) is 0 Å². The van der Waals surface area contributed by atoms with E-state index in [1.807, 2.05) is 0 Å². The van der Waals surface area contributed by atoms with E-state index in [0.29, 0.717) is 23.0 Å². The fourth-order valence-corrected chi connectivity index (χ4v) is 5.87. The maximum Gasteiger partial charge on any atom is 0.425 e. The molecule has 10 heteroatoms. The van der Waals surface area contributed by atoms with Crippen LogP contribution in [0.3, 0.4) is 0 Å². The maximum atomic E-state index is 13.4. The lowest BCUT2D eigenvalue weighted by Crippen LogP contribution is -2.14. The summed E-state index contributed by atoms with van der Waals surface area (Å²) in [6, 6.07) is 0. The van der Waals surface area contributed by atoms with Gasteiger partial charge in [-0.3, -0.25) is 0 Å². The van der Waals surface area contributed by atoms with Gasteiger partial charge in [0.1, 0.15) is 11.1 Å². The lowest BCUT2D eigenvalue weighted by molar-refractivity contribution is -0.0891. The smallest absolute Gasteiger partial charge is 0.165 e. The lowest BCUT2D eigenvalue weighted by atomic mass is 10.2. The monoisotopic (exact) mass is 454 g/mol. The minimum atomic E-state index is -4.81. The van der Waals surface area contributed by atoms with Crippen LogP contribution in [-0.2, 0) is 0 Å². The minimum absolute atomic E-state index is 0.0932. The highest BCUT2D eigenvalue weighted by atomic mass is 32.2. The first-order valence-electron chi connectivity index (χ1n) is 7.68. The summed E-state index contributed by atoms with van der Waals surface area (Å²) in [5, 5.41) is 0. The van der Waals surface area contributed by atoms with E-state index in [9.17, 15) is 26.3 Å². The molecule has 0 spiro atoms. The molecule has 0 aromatic rings. The summed E-state index contributed by atoms with van der Waals surface area (Å²) in [4.78, 5) is 0. The molecular formula is C16H20F6S4. The average Bonchev–Trinajstić information content (AvgIpc) is 2.49. The van der Waals surface area contributed by atoms with E-state index in [-0.39, 0.29) is 8.47 Å². The van der Waals surface area contributed by atoms with Gasteiger partial charge in [-0.15, -0.1) is 47.0 Å². The number of allylic oxidation sites excluding steroid dienone is 2. The predicted octanol–water partition coefficient (Wildman–Crippen LogP) is 7.55. The van der Waals surface area contributed by atoms with Crippen molar-refractivity contribution in [1.82, 2.24) is 0 Å². The van der Waals surface area contributed by atoms with Crippen molar-refractivity contribution in [2.24, 2.45) is 0 Å². The Labute approximate surface area is 167 Å². The molecule has 0 rings (SSSR count). The third-order valence-electron chi connectivity index (χ3n) is 2.39. The summed E-state index contributed by atoms with van der Waals surface area (Å²) in [6.45, 7) is 6.71. The molecule has 26 heavy (non-hydrogen) atoms. The van der Waals surface area contributed by atoms with Crippen molar-refractivity contribution >= 4 is 47.0 Å². The van der Waals surface area contributed by atoms with Crippen LogP contribution in [0.4, 0.5) is 26.3 Å². The Morgan fingerprint density at radius 3 is 0.962 bits per heavy atom. The Kier molecular flexibility index (Phi) is 12.5. The van der Waals surface area contributed by atoms with Gasteiger partial charge >= 0.3 is 12.4 Å². The van der Waals surface area contributed by atoms with Crippen LogP contribution < -0.4 is 0 Å². The number of hydrogen-bond donors (Lipinski definition) is 0. The number of thioether (sulfide) groups is 4. The zero-order chi connectivity index (χ0) is 20.4. The van der Waals surface area contributed by atoms with Gasteiger partial charge in [0.25, 0.3) is 0 Å². The van der Waals surface area contributed by atoms with Gasteiger partial charge in [0.05, 0.1) is 8.47 Å². The molecule has 0 amide bonds. The summed E-state index contributed by atoms with van der Waals surface area (Å²) < 4.78 is 80.0. The van der Waals surface area contributed by atoms with E-state index in [2.05, 4.69) is 0 Å². The van der Waals surface area contributed by atoms with Gasteiger partial charge in [0, 0.05) is 0 Å². The first-order chi connectivity index (χ1) is 12.0. The number of halogens is 6. The molecule has 150 valence electrons. The van der Waals surface area contributed by atoms with Crippen molar-refractivity contribution in [3.63, 3.8) is 0 Å². The minimum Gasteiger partial charge on any atom is -0.165 e. The summed E-state index contributed by atoms with van der Waals surface area (Å²) >= 11 is 3.75. The van der Waals surface area contributed by atoms with Crippen LogP contribution in [0.25, 0.3) is 0 Å². The van der Waals surface area contributed by atoms with Gasteiger partial charge < -0.3 is 0 Å². The standard InChI is InChI=1S/C16H20F6S4/c1-5-23-13(24-6-2)11(15(17,18)19)9-10-12(16(20,21)22)14(25-7-3)26-8-4/h5-8H2,1-4H3. The molecular weight excluding hydrogens is 434 g/mol. The fraction of sp³-hybridized carbons (Fsp3) is 0.625. The van der Waals surface area contributed by atoms with Crippen molar-refractivity contribution in [3.05, 3.63) is 19.6 Å². The Balaban J connectivity index is 6.42. The molecule has 0 saturated heterocycles. The summed E-state index contributed by atoms with van der Waals surface area (Å²) in [6.07, 6.45) is -9.61. The second-order valence-electron chi connectivity index (χ2n) is 4.30. The molecule has 0 heterocycles. The lowest BCUT2D eigenvalue weighted by Gasteiger charge is -2.14. The number of alkyl halides is 6. The zero-order valence-corrected chi connectivity index (χ0v) is 18.0. The van der Waals surface area contributed by atoms with Crippen LogP contribution in [-0.4, -0.2) is 35.4 Å². The number of rotatable bonds is 8. The second kappa shape index (κ2) is 12.5. The molecule has 0 aromatic carbocycles. The van der Waals surface area contributed by atoms with Crippen LogP contribution in [0, 0.1) is 11.8 Å². The van der Waals surface area contributed by atoms with Crippen molar-refractivity contribution in [1.29, 1.82) is 0 Å². The molecule has 0 unspecified atom stereocenters. The molecule has 0 bridgehead atoms. The van der Waals surface area contributed by atoms with E-state index in [0.717, 1.165) is 47.0 Å². The predicted molar refractivity (Wildman–Crippen MR) is 106 cm³/mol. The van der Waals surface area contributed by atoms with Crippen molar-refractivity contribution < 1.29 is 26.3 Å². The van der Waals surface area contributed by atoms with Crippen LogP contribution in [0.5, 0.6) is 0 Å². The normalized spacial score (nSPS) is 11.6. The number of hydrogen-bond acceptors (Lipinski definition) is 4. The van der Waals surface area contributed by atoms with Gasteiger partial charge in [-0.1, -0.05) is 39.5 Å². The summed E-state index contributed by atoms with van der Waals surface area (Å²) in [5.41, 5.74) is -2.42. The van der Waals surface area contributed by atoms with E-state index in [1.54, 1.807) is 39.5 Å². The molecule has 0 radical (unpaired) electrons. The summed E-state index contributed by atoms with van der Waals surface area (Å²) in [7, 11) is 0. The highest BCUT2D eigenvalue weighted by Gasteiger charge is 2.38. The van der Waals surface area contributed by atoms with E-state index in [1.165, 1.54) is 0 Å². The van der Waals surface area contributed by atoms with Crippen molar-refractivity contribution in [2.75, 3.05) is 23.0 Å². The van der Waals surface area contributed by atoms with Gasteiger partial charge in [-0.2, -0.15) is 26.3 Å². The highest BCUT2D eigenvalue weighted by Crippen LogP contribution is 2.41. The third kappa shape index (κ3) is 9.29. The van der Waals surface area contributed by atoms with Gasteiger partial charge in [-0.05, 0) is 23.0 Å². The van der Waals surface area contributed by atoms with Crippen LogP contribution in [0.15, 0.2) is 19.6 Å². The molecule has 0 aromatic heterocycles. The van der Waals surface area contributed by atoms with Crippen LogP contribution in [0.2, 0.25) is 0 Å². The van der Waals surface area contributed by atoms with Gasteiger partial charge in [0.2, 0.25) is 0 Å². The average molecular weight is 455 g/mol. The molecule has 0 aliphatic heterocycles. The second-order valence-corrected chi connectivity index (χ2v) is 9.92. The molecule has 0 atom stereocenters. The molecule has 0 aliphatic rings. The molecule has 0 saturated carbocycles. The quantitative estimate of drug-likeness (QED) is 0.274. The molecule has 0 aliphatic carbocycles. The van der Waals surface area contributed by atoms with Gasteiger partial charge in [-0.25, -0.2) is 0 Å². The summed E-state index contributed by atoms with van der Waals surface area (Å²) in [5.74, 6) is 5.06. The topological polar surface area (TPSA) is 0 Å². The third-order valence-corrected chi connectivity index (χ3v) is 6.82. The van der Waals surface area contributed by atoms with Crippen molar-refractivity contribution in [2.45, 2.75) is 40.0 Å². The fourth-order valence-electron chi connectivity index (χ4n) is 1.50. The Morgan fingerprint density at radius 2 is 0.808 bits per heavy atom. The largest absolute Gasteiger partial charge is 0.425 e. The Morgan fingerprint density at radius 1 is 0.577 bits per heavy atom. The van der Waals surface area contributed by atoms with E-state index < -0.39 is 23.5 Å². The maximum absolute atomic E-state index is 13.4. The molecule has 0 fully saturated rings. The van der Waals surface area contributed by atoms with E-state index >= 15 is 0 Å². The molecule has 0 N–H and O–H groups in total. The van der Waals surface area contributed by atoms with Crippen molar-refractivity contribution in [3.8, 4) is 11.8 Å². The van der Waals surface area contributed by atoms with Crippen LogP contribution in [0.1, 0.15) is 27.7 Å². The Bertz CT molecular complexity index is 500. The van der Waals surface area contributed by atoms with Crippen LogP contribution >= 0.6 is 47.0 Å². The molecule has 0 nitrogen and oxygen atoms in total. The first-order valence-corrected chi connectivity index (χ1v) is 11.6. The highest BCUT2D eigenvalue weighted by molar-refractivity contribution is 8.22. The SMILES string of the molecule is CCSC(SCC)=C(C#CC(=C(SCC)SCC)C(F)(F)F)C(F)(F)F. The Hall–Kier alpha value is 0.0200.